The lowest BCUT2D eigenvalue weighted by atomic mass is 10.0. The van der Waals surface area contributed by atoms with Crippen molar-refractivity contribution in [3.63, 3.8) is 0 Å². The summed E-state index contributed by atoms with van der Waals surface area (Å²) in [6.07, 6.45) is 1.69. The van der Waals surface area contributed by atoms with Crippen molar-refractivity contribution in [3.05, 3.63) is 96.3 Å². The molecule has 0 saturated carbocycles. The predicted molar refractivity (Wildman–Crippen MR) is 121 cm³/mol. The first-order valence-corrected chi connectivity index (χ1v) is 10.2. The van der Waals surface area contributed by atoms with Gasteiger partial charge in [0.05, 0.1) is 16.4 Å². The largest absolute Gasteiger partial charge is 0.454 e. The van der Waals surface area contributed by atoms with Crippen molar-refractivity contribution in [3.8, 4) is 11.5 Å². The molecule has 0 radical (unpaired) electrons. The summed E-state index contributed by atoms with van der Waals surface area (Å²) >= 11 is 1.53. The Hall–Kier alpha value is -3.77. The summed E-state index contributed by atoms with van der Waals surface area (Å²) in [6.45, 7) is 0. The molecular formula is C24H16FN3OS. The number of hydrogen-bond donors (Lipinski definition) is 1. The van der Waals surface area contributed by atoms with Crippen LogP contribution in [0.25, 0.3) is 21.0 Å². The lowest BCUT2D eigenvalue weighted by Gasteiger charge is -2.12. The van der Waals surface area contributed by atoms with Gasteiger partial charge in [0.15, 0.2) is 11.6 Å². The standard InChI is InChI=1S/C24H16FN3OS/c25-19-9-3-5-11-22(19)29-21-14-13-16-7-1-2-8-17(16)18(21)15-26-28-24-27-20-10-4-6-12-23(20)30-24/h1-15H,(H,27,28). The second-order valence-corrected chi connectivity index (χ2v) is 7.62. The summed E-state index contributed by atoms with van der Waals surface area (Å²) in [4.78, 5) is 4.52. The Kier molecular flexibility index (Phi) is 4.83. The van der Waals surface area contributed by atoms with Crippen LogP contribution in [0.4, 0.5) is 9.52 Å². The molecule has 0 aliphatic heterocycles. The minimum absolute atomic E-state index is 0.168. The number of anilines is 1. The number of aromatic nitrogens is 1. The lowest BCUT2D eigenvalue weighted by molar-refractivity contribution is 0.442. The maximum absolute atomic E-state index is 14.1. The normalized spacial score (nSPS) is 11.4. The van der Waals surface area contributed by atoms with Gasteiger partial charge in [0.1, 0.15) is 5.75 Å². The van der Waals surface area contributed by atoms with Crippen molar-refractivity contribution in [2.45, 2.75) is 0 Å². The van der Waals surface area contributed by atoms with Crippen LogP contribution in [0.1, 0.15) is 5.56 Å². The number of thiazole rings is 1. The van der Waals surface area contributed by atoms with Crippen LogP contribution < -0.4 is 10.2 Å². The smallest absolute Gasteiger partial charge is 0.204 e. The molecule has 0 atom stereocenters. The number of fused-ring (bicyclic) bond motifs is 2. The molecule has 0 aliphatic rings. The minimum Gasteiger partial charge on any atom is -0.454 e. The molecule has 1 N–H and O–H groups in total. The molecule has 0 fully saturated rings. The molecule has 4 aromatic carbocycles. The van der Waals surface area contributed by atoms with Crippen LogP contribution in [0.5, 0.6) is 11.5 Å². The van der Waals surface area contributed by atoms with E-state index in [1.54, 1.807) is 24.4 Å². The molecule has 0 saturated heterocycles. The third kappa shape index (κ3) is 3.60. The maximum atomic E-state index is 14.1. The number of ether oxygens (including phenoxy) is 1. The number of rotatable bonds is 5. The van der Waals surface area contributed by atoms with Gasteiger partial charge in [-0.25, -0.2) is 9.37 Å². The van der Waals surface area contributed by atoms with E-state index in [9.17, 15) is 4.39 Å². The molecule has 146 valence electrons. The number of nitrogens with zero attached hydrogens (tertiary/aromatic N) is 2. The topological polar surface area (TPSA) is 46.5 Å². The second-order valence-electron chi connectivity index (χ2n) is 6.59. The molecule has 5 rings (SSSR count). The van der Waals surface area contributed by atoms with Gasteiger partial charge in [-0.2, -0.15) is 5.10 Å². The van der Waals surface area contributed by atoms with Gasteiger partial charge in [0.2, 0.25) is 5.13 Å². The fraction of sp³-hybridized carbons (Fsp3) is 0. The number of nitrogens with one attached hydrogen (secondary N) is 1. The third-order valence-electron chi connectivity index (χ3n) is 4.63. The summed E-state index contributed by atoms with van der Waals surface area (Å²) in [5, 5.41) is 7.08. The van der Waals surface area contributed by atoms with Gasteiger partial charge in [-0.3, -0.25) is 5.43 Å². The van der Waals surface area contributed by atoms with E-state index in [1.807, 2.05) is 60.7 Å². The van der Waals surface area contributed by atoms with Gasteiger partial charge < -0.3 is 4.74 Å². The molecule has 1 heterocycles. The summed E-state index contributed by atoms with van der Waals surface area (Å²) in [7, 11) is 0. The fourth-order valence-electron chi connectivity index (χ4n) is 3.22. The van der Waals surface area contributed by atoms with Crippen molar-refractivity contribution in [1.82, 2.24) is 4.98 Å². The first kappa shape index (κ1) is 18.3. The van der Waals surface area contributed by atoms with Crippen LogP contribution in [0, 0.1) is 5.82 Å². The number of para-hydroxylation sites is 2. The first-order chi connectivity index (χ1) is 14.8. The van der Waals surface area contributed by atoms with E-state index in [1.165, 1.54) is 17.4 Å². The summed E-state index contributed by atoms with van der Waals surface area (Å²) in [6, 6.07) is 26.0. The molecule has 6 heteroatoms. The van der Waals surface area contributed by atoms with Crippen molar-refractivity contribution in [1.29, 1.82) is 0 Å². The predicted octanol–water partition coefficient (Wildman–Crippen LogP) is 6.83. The zero-order chi connectivity index (χ0) is 20.3. The summed E-state index contributed by atoms with van der Waals surface area (Å²) in [5.74, 6) is 0.274. The van der Waals surface area contributed by atoms with Gasteiger partial charge in [0.25, 0.3) is 0 Å². The van der Waals surface area contributed by atoms with Gasteiger partial charge in [-0.05, 0) is 41.1 Å². The molecule has 0 aliphatic carbocycles. The molecule has 0 spiro atoms. The molecule has 0 amide bonds. The van der Waals surface area contributed by atoms with E-state index in [0.29, 0.717) is 10.9 Å². The van der Waals surface area contributed by atoms with E-state index in [4.69, 9.17) is 4.74 Å². The second kappa shape index (κ2) is 7.93. The molecule has 4 nitrogen and oxygen atoms in total. The monoisotopic (exact) mass is 413 g/mol. The van der Waals surface area contributed by atoms with Crippen LogP contribution in [0.15, 0.2) is 90.0 Å². The number of benzene rings is 4. The summed E-state index contributed by atoms with van der Waals surface area (Å²) in [5.41, 5.74) is 4.68. The highest BCUT2D eigenvalue weighted by molar-refractivity contribution is 7.22. The highest BCUT2D eigenvalue weighted by Gasteiger charge is 2.11. The van der Waals surface area contributed by atoms with Gasteiger partial charge in [-0.15, -0.1) is 0 Å². The number of halogens is 1. The van der Waals surface area contributed by atoms with E-state index < -0.39 is 5.82 Å². The first-order valence-electron chi connectivity index (χ1n) is 9.37. The zero-order valence-corrected chi connectivity index (χ0v) is 16.6. The Morgan fingerprint density at radius 1 is 0.867 bits per heavy atom. The molecular weight excluding hydrogens is 397 g/mol. The van der Waals surface area contributed by atoms with Gasteiger partial charge in [0, 0.05) is 5.56 Å². The molecule has 0 unspecified atom stereocenters. The van der Waals surface area contributed by atoms with Crippen molar-refractivity contribution >= 4 is 43.7 Å². The molecule has 30 heavy (non-hydrogen) atoms. The van der Waals surface area contributed by atoms with Crippen molar-refractivity contribution in [2.75, 3.05) is 5.43 Å². The van der Waals surface area contributed by atoms with Gasteiger partial charge in [-0.1, -0.05) is 65.9 Å². The van der Waals surface area contributed by atoms with Crippen LogP contribution in [-0.2, 0) is 0 Å². The average Bonchev–Trinajstić information content (AvgIpc) is 3.19. The SMILES string of the molecule is Fc1ccccc1Oc1ccc2ccccc2c1C=NNc1nc2ccccc2s1. The highest BCUT2D eigenvalue weighted by atomic mass is 32.1. The zero-order valence-electron chi connectivity index (χ0n) is 15.7. The Morgan fingerprint density at radius 2 is 1.67 bits per heavy atom. The minimum atomic E-state index is -0.416. The third-order valence-corrected chi connectivity index (χ3v) is 5.58. The number of hydrazone groups is 1. The van der Waals surface area contributed by atoms with Crippen molar-refractivity contribution < 1.29 is 9.13 Å². The number of hydrogen-bond acceptors (Lipinski definition) is 5. The highest BCUT2D eigenvalue weighted by Crippen LogP contribution is 2.32. The van der Waals surface area contributed by atoms with Crippen LogP contribution >= 0.6 is 11.3 Å². The average molecular weight is 413 g/mol. The molecule has 5 aromatic rings. The van der Waals surface area contributed by atoms with E-state index >= 15 is 0 Å². The molecule has 0 bridgehead atoms. The van der Waals surface area contributed by atoms with Gasteiger partial charge >= 0.3 is 0 Å². The van der Waals surface area contributed by atoms with Crippen molar-refractivity contribution in [2.24, 2.45) is 5.10 Å². The quantitative estimate of drug-likeness (QED) is 0.254. The summed E-state index contributed by atoms with van der Waals surface area (Å²) < 4.78 is 21.1. The Labute approximate surface area is 176 Å². The Balaban J connectivity index is 1.50. The van der Waals surface area contributed by atoms with Crippen LogP contribution in [0.3, 0.4) is 0 Å². The molecule has 1 aromatic heterocycles. The fourth-order valence-corrected chi connectivity index (χ4v) is 4.03. The van der Waals surface area contributed by atoms with Crippen LogP contribution in [-0.4, -0.2) is 11.2 Å². The Morgan fingerprint density at radius 3 is 2.57 bits per heavy atom. The lowest BCUT2D eigenvalue weighted by Crippen LogP contribution is -1.96. The maximum Gasteiger partial charge on any atom is 0.204 e. The Bertz CT molecular complexity index is 1350. The van der Waals surface area contributed by atoms with E-state index in [2.05, 4.69) is 15.5 Å². The van der Waals surface area contributed by atoms with Crippen LogP contribution in [0.2, 0.25) is 0 Å². The van der Waals surface area contributed by atoms with E-state index in [0.717, 1.165) is 26.6 Å². The van der Waals surface area contributed by atoms with E-state index in [-0.39, 0.29) is 5.75 Å².